The van der Waals surface area contributed by atoms with Crippen LogP contribution in [0.4, 0.5) is 0 Å². The SMILES string of the molecule is CCS(=O)(=O)C1CSCCN1C(=O)CNC(C)(C)C. The molecule has 0 aliphatic carbocycles. The molecule has 1 aliphatic rings. The first-order valence-electron chi connectivity index (χ1n) is 6.51. The number of thioether (sulfide) groups is 1. The Morgan fingerprint density at radius 2 is 2.05 bits per heavy atom. The van der Waals surface area contributed by atoms with E-state index < -0.39 is 15.2 Å². The van der Waals surface area contributed by atoms with Crippen molar-refractivity contribution in [3.8, 4) is 0 Å². The van der Waals surface area contributed by atoms with Gasteiger partial charge in [0.2, 0.25) is 5.91 Å². The number of nitrogens with one attached hydrogen (secondary N) is 1. The molecule has 1 aliphatic heterocycles. The molecule has 1 heterocycles. The van der Waals surface area contributed by atoms with Gasteiger partial charge < -0.3 is 10.2 Å². The van der Waals surface area contributed by atoms with Crippen LogP contribution in [-0.4, -0.2) is 60.5 Å². The van der Waals surface area contributed by atoms with Crippen LogP contribution < -0.4 is 5.32 Å². The van der Waals surface area contributed by atoms with Crippen LogP contribution in [-0.2, 0) is 14.6 Å². The lowest BCUT2D eigenvalue weighted by Crippen LogP contribution is -2.54. The minimum Gasteiger partial charge on any atom is -0.323 e. The number of sulfone groups is 1. The van der Waals surface area contributed by atoms with Gasteiger partial charge in [0.25, 0.3) is 0 Å². The first-order valence-corrected chi connectivity index (χ1v) is 9.38. The zero-order chi connectivity index (χ0) is 14.7. The van der Waals surface area contributed by atoms with Crippen LogP contribution in [0.2, 0.25) is 0 Å². The predicted molar refractivity (Wildman–Crippen MR) is 80.0 cm³/mol. The summed E-state index contributed by atoms with van der Waals surface area (Å²) in [6.07, 6.45) is 0. The Morgan fingerprint density at radius 3 is 2.58 bits per heavy atom. The quantitative estimate of drug-likeness (QED) is 0.828. The topological polar surface area (TPSA) is 66.5 Å². The second-order valence-corrected chi connectivity index (χ2v) is 9.27. The van der Waals surface area contributed by atoms with Crippen LogP contribution in [0.25, 0.3) is 0 Å². The van der Waals surface area contributed by atoms with Gasteiger partial charge >= 0.3 is 0 Å². The van der Waals surface area contributed by atoms with Crippen LogP contribution in [0.3, 0.4) is 0 Å². The Balaban J connectivity index is 2.75. The van der Waals surface area contributed by atoms with Crippen molar-refractivity contribution in [3.05, 3.63) is 0 Å². The molecule has 5 nitrogen and oxygen atoms in total. The summed E-state index contributed by atoms with van der Waals surface area (Å²) in [5.74, 6) is 1.24. The Hall–Kier alpha value is -0.270. The molecule has 0 saturated carbocycles. The van der Waals surface area contributed by atoms with Gasteiger partial charge in [-0.15, -0.1) is 0 Å². The van der Waals surface area contributed by atoms with Crippen molar-refractivity contribution in [2.24, 2.45) is 0 Å². The fourth-order valence-electron chi connectivity index (χ4n) is 1.80. The first-order chi connectivity index (χ1) is 8.67. The highest BCUT2D eigenvalue weighted by atomic mass is 32.2. The zero-order valence-electron chi connectivity index (χ0n) is 12.1. The standard InChI is InChI=1S/C12H24N2O3S2/c1-5-19(16,17)11-9-18-7-6-14(11)10(15)8-13-12(2,3)4/h11,13H,5-9H2,1-4H3. The monoisotopic (exact) mass is 308 g/mol. The molecule has 0 aromatic carbocycles. The zero-order valence-corrected chi connectivity index (χ0v) is 13.7. The highest BCUT2D eigenvalue weighted by Gasteiger charge is 2.35. The summed E-state index contributed by atoms with van der Waals surface area (Å²) in [5, 5.41) is 2.45. The molecule has 1 N–H and O–H groups in total. The molecule has 7 heteroatoms. The predicted octanol–water partition coefficient (Wildman–Crippen LogP) is 0.711. The van der Waals surface area contributed by atoms with Crippen molar-refractivity contribution >= 4 is 27.5 Å². The second kappa shape index (κ2) is 6.45. The van der Waals surface area contributed by atoms with Crippen LogP contribution in [0.1, 0.15) is 27.7 Å². The van der Waals surface area contributed by atoms with E-state index in [0.29, 0.717) is 12.3 Å². The lowest BCUT2D eigenvalue weighted by Gasteiger charge is -2.35. The van der Waals surface area contributed by atoms with Gasteiger partial charge in [0.15, 0.2) is 9.84 Å². The molecule has 0 radical (unpaired) electrons. The summed E-state index contributed by atoms with van der Waals surface area (Å²) in [4.78, 5) is 13.7. The number of rotatable bonds is 4. The molecule has 0 spiro atoms. The van der Waals surface area contributed by atoms with Crippen molar-refractivity contribution in [2.75, 3.05) is 30.3 Å². The highest BCUT2D eigenvalue weighted by molar-refractivity contribution is 8.01. The van der Waals surface area contributed by atoms with Gasteiger partial charge in [0, 0.05) is 29.3 Å². The third kappa shape index (κ3) is 4.96. The summed E-state index contributed by atoms with van der Waals surface area (Å²) in [7, 11) is -3.21. The molecule has 1 saturated heterocycles. The maximum absolute atomic E-state index is 12.2. The molecule has 1 rings (SSSR count). The lowest BCUT2D eigenvalue weighted by molar-refractivity contribution is -0.130. The van der Waals surface area contributed by atoms with E-state index in [4.69, 9.17) is 0 Å². The van der Waals surface area contributed by atoms with Crippen molar-refractivity contribution < 1.29 is 13.2 Å². The summed E-state index contributed by atoms with van der Waals surface area (Å²) in [6.45, 7) is 8.26. The van der Waals surface area contributed by atoms with Crippen LogP contribution in [0.5, 0.6) is 0 Å². The van der Waals surface area contributed by atoms with Gasteiger partial charge in [-0.1, -0.05) is 6.92 Å². The summed E-state index contributed by atoms with van der Waals surface area (Å²) >= 11 is 1.60. The number of amides is 1. The minimum absolute atomic E-state index is 0.0781. The molecule has 0 aromatic rings. The average Bonchev–Trinajstić information content (AvgIpc) is 2.35. The fourth-order valence-corrected chi connectivity index (χ4v) is 4.79. The van der Waals surface area contributed by atoms with Crippen LogP contribution >= 0.6 is 11.8 Å². The lowest BCUT2D eigenvalue weighted by atomic mass is 10.1. The third-order valence-electron chi connectivity index (χ3n) is 2.99. The van der Waals surface area contributed by atoms with E-state index in [1.165, 1.54) is 4.90 Å². The maximum atomic E-state index is 12.2. The van der Waals surface area contributed by atoms with E-state index in [1.54, 1.807) is 18.7 Å². The smallest absolute Gasteiger partial charge is 0.237 e. The van der Waals surface area contributed by atoms with Crippen molar-refractivity contribution in [2.45, 2.75) is 38.6 Å². The van der Waals surface area contributed by atoms with Crippen molar-refractivity contribution in [1.29, 1.82) is 0 Å². The largest absolute Gasteiger partial charge is 0.323 e. The molecule has 1 fully saturated rings. The fraction of sp³-hybridized carbons (Fsp3) is 0.917. The Kier molecular flexibility index (Phi) is 5.70. The van der Waals surface area contributed by atoms with Crippen molar-refractivity contribution in [1.82, 2.24) is 10.2 Å². The molecule has 1 amide bonds. The van der Waals surface area contributed by atoms with Gasteiger partial charge in [0.05, 0.1) is 6.54 Å². The van der Waals surface area contributed by atoms with Gasteiger partial charge in [-0.05, 0) is 20.8 Å². The van der Waals surface area contributed by atoms with Crippen molar-refractivity contribution in [3.63, 3.8) is 0 Å². The summed E-state index contributed by atoms with van der Waals surface area (Å²) in [6, 6.07) is 0. The normalized spacial score (nSPS) is 21.5. The number of nitrogens with zero attached hydrogens (tertiary/aromatic N) is 1. The highest BCUT2D eigenvalue weighted by Crippen LogP contribution is 2.21. The van der Waals surface area contributed by atoms with E-state index in [0.717, 1.165) is 5.75 Å². The molecular weight excluding hydrogens is 284 g/mol. The molecule has 1 atom stereocenters. The molecular formula is C12H24N2O3S2. The second-order valence-electron chi connectivity index (χ2n) is 5.67. The summed E-state index contributed by atoms with van der Waals surface area (Å²) < 4.78 is 24.1. The number of hydrogen-bond acceptors (Lipinski definition) is 5. The summed E-state index contributed by atoms with van der Waals surface area (Å²) in [5.41, 5.74) is -0.153. The minimum atomic E-state index is -3.21. The van der Waals surface area contributed by atoms with Gasteiger partial charge in [-0.3, -0.25) is 4.79 Å². The molecule has 0 aromatic heterocycles. The molecule has 112 valence electrons. The first kappa shape index (κ1) is 16.8. The van der Waals surface area contributed by atoms with Gasteiger partial charge in [-0.2, -0.15) is 11.8 Å². The third-order valence-corrected chi connectivity index (χ3v) is 6.28. The van der Waals surface area contributed by atoms with Crippen LogP contribution in [0.15, 0.2) is 0 Å². The van der Waals surface area contributed by atoms with E-state index in [9.17, 15) is 13.2 Å². The number of carbonyl (C=O) groups excluding carboxylic acids is 1. The van der Waals surface area contributed by atoms with Crippen LogP contribution in [0, 0.1) is 0 Å². The average molecular weight is 308 g/mol. The Labute approximate surface area is 120 Å². The molecule has 19 heavy (non-hydrogen) atoms. The molecule has 0 bridgehead atoms. The van der Waals surface area contributed by atoms with Gasteiger partial charge in [-0.25, -0.2) is 8.42 Å². The van der Waals surface area contributed by atoms with Gasteiger partial charge in [0.1, 0.15) is 5.37 Å². The van der Waals surface area contributed by atoms with E-state index in [-0.39, 0.29) is 23.7 Å². The Morgan fingerprint density at radius 1 is 1.42 bits per heavy atom. The number of hydrogen-bond donors (Lipinski definition) is 1. The van der Waals surface area contributed by atoms with E-state index in [2.05, 4.69) is 5.32 Å². The van der Waals surface area contributed by atoms with E-state index in [1.807, 2.05) is 20.8 Å². The maximum Gasteiger partial charge on any atom is 0.237 e. The van der Waals surface area contributed by atoms with E-state index >= 15 is 0 Å². The number of carbonyl (C=O) groups is 1. The molecule has 1 unspecified atom stereocenters. The Bertz CT molecular complexity index is 415.